The Balaban J connectivity index is 1.60. The summed E-state index contributed by atoms with van der Waals surface area (Å²) < 4.78 is 40.0. The standard InChI is InChI=1S/C27H25F2N3O3/c1-27(2,3)35-26(33)32-23(19-9-11-20(28)12-10-19)16-25(31-32)30-21-13-14-22(29)24(15-21)34-17-18-7-5-4-6-8-18/h4-16H,17H2,1-3H3,(H,30,31). The van der Waals surface area contributed by atoms with Crippen LogP contribution < -0.4 is 10.1 Å². The van der Waals surface area contributed by atoms with E-state index in [1.54, 1.807) is 39.0 Å². The minimum Gasteiger partial charge on any atom is -0.486 e. The van der Waals surface area contributed by atoms with Crippen LogP contribution in [0.15, 0.2) is 78.9 Å². The average molecular weight is 478 g/mol. The van der Waals surface area contributed by atoms with Crippen LogP contribution in [0.2, 0.25) is 0 Å². The van der Waals surface area contributed by atoms with E-state index in [0.717, 1.165) is 10.2 Å². The first-order chi connectivity index (χ1) is 16.7. The lowest BCUT2D eigenvalue weighted by atomic mass is 10.1. The molecular formula is C27H25F2N3O3. The van der Waals surface area contributed by atoms with Gasteiger partial charge in [-0.1, -0.05) is 30.3 Å². The Labute approximate surface area is 202 Å². The smallest absolute Gasteiger partial charge is 0.435 e. The maximum atomic E-state index is 14.3. The number of carbonyl (C=O) groups excluding carboxylic acids is 1. The molecule has 0 radical (unpaired) electrons. The number of aromatic nitrogens is 2. The molecule has 1 N–H and O–H groups in total. The Hall–Kier alpha value is -4.20. The molecule has 0 spiro atoms. The number of benzene rings is 3. The van der Waals surface area contributed by atoms with Crippen molar-refractivity contribution >= 4 is 17.6 Å². The number of hydrogen-bond acceptors (Lipinski definition) is 5. The molecule has 4 aromatic rings. The summed E-state index contributed by atoms with van der Waals surface area (Å²) >= 11 is 0. The molecule has 35 heavy (non-hydrogen) atoms. The zero-order chi connectivity index (χ0) is 25.0. The predicted octanol–water partition coefficient (Wildman–Crippen LogP) is 6.93. The van der Waals surface area contributed by atoms with Crippen LogP contribution in [-0.2, 0) is 11.3 Å². The van der Waals surface area contributed by atoms with E-state index in [9.17, 15) is 13.6 Å². The lowest BCUT2D eigenvalue weighted by Crippen LogP contribution is -2.28. The van der Waals surface area contributed by atoms with Crippen molar-refractivity contribution in [2.75, 3.05) is 5.32 Å². The van der Waals surface area contributed by atoms with E-state index in [0.29, 0.717) is 22.8 Å². The zero-order valence-electron chi connectivity index (χ0n) is 19.6. The van der Waals surface area contributed by atoms with E-state index in [-0.39, 0.29) is 12.4 Å². The van der Waals surface area contributed by atoms with Gasteiger partial charge >= 0.3 is 6.09 Å². The summed E-state index contributed by atoms with van der Waals surface area (Å²) in [7, 11) is 0. The summed E-state index contributed by atoms with van der Waals surface area (Å²) in [4.78, 5) is 12.8. The normalized spacial score (nSPS) is 11.2. The molecule has 0 fully saturated rings. The van der Waals surface area contributed by atoms with Crippen LogP contribution in [-0.4, -0.2) is 21.5 Å². The molecule has 1 aromatic heterocycles. The van der Waals surface area contributed by atoms with Gasteiger partial charge in [-0.3, -0.25) is 0 Å². The highest BCUT2D eigenvalue weighted by atomic mass is 19.1. The Kier molecular flexibility index (Phi) is 6.82. The quantitative estimate of drug-likeness (QED) is 0.326. The second kappa shape index (κ2) is 9.97. The number of hydrogen-bond donors (Lipinski definition) is 1. The minimum atomic E-state index is -0.737. The zero-order valence-corrected chi connectivity index (χ0v) is 19.6. The van der Waals surface area contributed by atoms with Gasteiger partial charge in [-0.2, -0.15) is 4.68 Å². The minimum absolute atomic E-state index is 0.0733. The first-order valence-electron chi connectivity index (χ1n) is 11.0. The van der Waals surface area contributed by atoms with E-state index < -0.39 is 23.3 Å². The lowest BCUT2D eigenvalue weighted by molar-refractivity contribution is 0.0518. The van der Waals surface area contributed by atoms with E-state index in [2.05, 4.69) is 10.4 Å². The molecule has 3 aromatic carbocycles. The summed E-state index contributed by atoms with van der Waals surface area (Å²) in [6, 6.07) is 21.1. The molecule has 1 heterocycles. The molecule has 6 nitrogen and oxygen atoms in total. The van der Waals surface area contributed by atoms with Gasteiger partial charge in [0.25, 0.3) is 0 Å². The van der Waals surface area contributed by atoms with Gasteiger partial charge in [0, 0.05) is 23.4 Å². The summed E-state index contributed by atoms with van der Waals surface area (Å²) in [6.07, 6.45) is -0.684. The van der Waals surface area contributed by atoms with Gasteiger partial charge in [-0.15, -0.1) is 5.10 Å². The molecule has 0 aliphatic rings. The average Bonchev–Trinajstić information content (AvgIpc) is 3.23. The molecule has 0 bridgehead atoms. The van der Waals surface area contributed by atoms with Crippen molar-refractivity contribution in [3.05, 3.63) is 96.1 Å². The maximum Gasteiger partial charge on any atom is 0.435 e. The third kappa shape index (κ3) is 6.23. The third-order valence-corrected chi connectivity index (χ3v) is 4.86. The van der Waals surface area contributed by atoms with E-state index in [1.165, 1.54) is 30.3 Å². The van der Waals surface area contributed by atoms with Crippen molar-refractivity contribution in [1.29, 1.82) is 0 Å². The highest BCUT2D eigenvalue weighted by Crippen LogP contribution is 2.29. The SMILES string of the molecule is CC(C)(C)OC(=O)n1nc(Nc2ccc(F)c(OCc3ccccc3)c2)cc1-c1ccc(F)cc1. The molecular weight excluding hydrogens is 452 g/mol. The van der Waals surface area contributed by atoms with E-state index in [1.807, 2.05) is 30.3 Å². The topological polar surface area (TPSA) is 65.4 Å². The first-order valence-corrected chi connectivity index (χ1v) is 11.0. The third-order valence-electron chi connectivity index (χ3n) is 4.86. The monoisotopic (exact) mass is 477 g/mol. The Bertz CT molecular complexity index is 1310. The molecule has 0 amide bonds. The molecule has 0 aliphatic heterocycles. The number of halogens is 2. The van der Waals surface area contributed by atoms with Gasteiger partial charge in [-0.25, -0.2) is 13.6 Å². The fourth-order valence-electron chi connectivity index (χ4n) is 3.29. The number of nitrogens with one attached hydrogen (secondary N) is 1. The highest BCUT2D eigenvalue weighted by molar-refractivity contribution is 5.80. The largest absolute Gasteiger partial charge is 0.486 e. The van der Waals surface area contributed by atoms with Crippen molar-refractivity contribution in [1.82, 2.24) is 9.78 Å². The van der Waals surface area contributed by atoms with Gasteiger partial charge in [0.2, 0.25) is 0 Å². The molecule has 0 saturated heterocycles. The van der Waals surface area contributed by atoms with Crippen LogP contribution in [0.4, 0.5) is 25.1 Å². The van der Waals surface area contributed by atoms with Crippen molar-refractivity contribution in [3.8, 4) is 17.0 Å². The van der Waals surface area contributed by atoms with Crippen LogP contribution in [0.25, 0.3) is 11.3 Å². The van der Waals surface area contributed by atoms with Gasteiger partial charge < -0.3 is 14.8 Å². The number of carbonyl (C=O) groups is 1. The van der Waals surface area contributed by atoms with Crippen LogP contribution >= 0.6 is 0 Å². The van der Waals surface area contributed by atoms with Crippen LogP contribution in [0, 0.1) is 11.6 Å². The number of nitrogens with zero attached hydrogens (tertiary/aromatic N) is 2. The summed E-state index contributed by atoms with van der Waals surface area (Å²) in [5, 5.41) is 7.41. The van der Waals surface area contributed by atoms with Gasteiger partial charge in [0.1, 0.15) is 18.0 Å². The molecule has 8 heteroatoms. The van der Waals surface area contributed by atoms with Crippen molar-refractivity contribution < 1.29 is 23.0 Å². The predicted molar refractivity (Wildman–Crippen MR) is 130 cm³/mol. The highest BCUT2D eigenvalue weighted by Gasteiger charge is 2.23. The fraction of sp³-hybridized carbons (Fsp3) is 0.185. The van der Waals surface area contributed by atoms with Gasteiger partial charge in [0.15, 0.2) is 17.4 Å². The Morgan fingerprint density at radius 2 is 1.69 bits per heavy atom. The van der Waals surface area contributed by atoms with Gasteiger partial charge in [0.05, 0.1) is 5.69 Å². The van der Waals surface area contributed by atoms with Crippen molar-refractivity contribution in [3.63, 3.8) is 0 Å². The van der Waals surface area contributed by atoms with E-state index in [4.69, 9.17) is 9.47 Å². The summed E-state index contributed by atoms with van der Waals surface area (Å²) in [6.45, 7) is 5.46. The second-order valence-corrected chi connectivity index (χ2v) is 8.86. The summed E-state index contributed by atoms with van der Waals surface area (Å²) in [5.41, 5.74) is 1.66. The molecule has 180 valence electrons. The lowest BCUT2D eigenvalue weighted by Gasteiger charge is -2.19. The van der Waals surface area contributed by atoms with Crippen LogP contribution in [0.3, 0.4) is 0 Å². The maximum absolute atomic E-state index is 14.3. The molecule has 0 saturated carbocycles. The van der Waals surface area contributed by atoms with E-state index >= 15 is 0 Å². The number of anilines is 2. The first kappa shape index (κ1) is 23.9. The summed E-state index contributed by atoms with van der Waals surface area (Å²) in [5.74, 6) is -0.512. The van der Waals surface area contributed by atoms with Crippen LogP contribution in [0.5, 0.6) is 5.75 Å². The Morgan fingerprint density at radius 3 is 2.37 bits per heavy atom. The number of rotatable bonds is 6. The van der Waals surface area contributed by atoms with Crippen molar-refractivity contribution in [2.45, 2.75) is 33.0 Å². The molecule has 0 atom stereocenters. The second-order valence-electron chi connectivity index (χ2n) is 8.86. The van der Waals surface area contributed by atoms with Crippen molar-refractivity contribution in [2.24, 2.45) is 0 Å². The number of ether oxygens (including phenoxy) is 2. The molecule has 0 unspecified atom stereocenters. The molecule has 0 aliphatic carbocycles. The Morgan fingerprint density at radius 1 is 0.971 bits per heavy atom. The van der Waals surface area contributed by atoms with Crippen LogP contribution in [0.1, 0.15) is 26.3 Å². The fourth-order valence-corrected chi connectivity index (χ4v) is 3.29. The van der Waals surface area contributed by atoms with Gasteiger partial charge in [-0.05, 0) is 62.7 Å². The molecule has 4 rings (SSSR count).